The molecule has 6 heteroatoms. The van der Waals surface area contributed by atoms with Crippen LogP contribution in [0.25, 0.3) is 11.0 Å². The van der Waals surface area contributed by atoms with Crippen LogP contribution in [0.4, 0.5) is 5.69 Å². The first-order valence-electron chi connectivity index (χ1n) is 8.71. The molecule has 1 aliphatic rings. The molecule has 1 aliphatic heterocycles. The third-order valence-electron chi connectivity index (χ3n) is 4.51. The fourth-order valence-corrected chi connectivity index (χ4v) is 3.14. The van der Waals surface area contributed by atoms with Gasteiger partial charge in [-0.2, -0.15) is 0 Å². The van der Waals surface area contributed by atoms with Crippen LogP contribution in [0.1, 0.15) is 33.8 Å². The first-order valence-corrected chi connectivity index (χ1v) is 8.71. The molecule has 2 heterocycles. The summed E-state index contributed by atoms with van der Waals surface area (Å²) < 4.78 is 10.5. The molecule has 2 aromatic carbocycles. The molecule has 0 spiro atoms. The summed E-state index contributed by atoms with van der Waals surface area (Å²) in [5.74, 6) is -0.922. The highest BCUT2D eigenvalue weighted by Crippen LogP contribution is 2.23. The molecule has 0 radical (unpaired) electrons. The number of ketones is 1. The van der Waals surface area contributed by atoms with Crippen molar-refractivity contribution in [2.45, 2.75) is 12.8 Å². The fraction of sp³-hybridized carbons (Fsp3) is 0.190. The third kappa shape index (κ3) is 3.46. The monoisotopic (exact) mass is 363 g/mol. The van der Waals surface area contributed by atoms with Gasteiger partial charge in [-0.05, 0) is 30.7 Å². The SMILES string of the molecule is O=C(COC(=O)c1cc2ccccc2o1)c1cccc(N2CCCC2=O)c1. The van der Waals surface area contributed by atoms with Gasteiger partial charge in [0.2, 0.25) is 11.7 Å². The summed E-state index contributed by atoms with van der Waals surface area (Å²) in [4.78, 5) is 38.1. The van der Waals surface area contributed by atoms with Crippen LogP contribution >= 0.6 is 0 Å². The molecule has 3 aromatic rings. The average Bonchev–Trinajstić information content (AvgIpc) is 3.32. The van der Waals surface area contributed by atoms with Crippen LogP contribution in [0.3, 0.4) is 0 Å². The van der Waals surface area contributed by atoms with E-state index < -0.39 is 12.6 Å². The molecule has 0 unspecified atom stereocenters. The van der Waals surface area contributed by atoms with Crippen molar-refractivity contribution in [3.63, 3.8) is 0 Å². The second-order valence-electron chi connectivity index (χ2n) is 6.35. The number of rotatable bonds is 5. The molecule has 1 aromatic heterocycles. The Morgan fingerprint density at radius 1 is 1.07 bits per heavy atom. The summed E-state index contributed by atoms with van der Waals surface area (Å²) in [7, 11) is 0. The minimum atomic E-state index is -0.689. The van der Waals surface area contributed by atoms with Crippen LogP contribution in [-0.4, -0.2) is 30.8 Å². The Hall–Kier alpha value is -3.41. The number of carbonyl (C=O) groups is 3. The third-order valence-corrected chi connectivity index (χ3v) is 4.51. The number of Topliss-reactive ketones (excluding diaryl/α,β-unsaturated/α-hetero) is 1. The van der Waals surface area contributed by atoms with E-state index in [1.807, 2.05) is 18.2 Å². The molecule has 1 saturated heterocycles. The van der Waals surface area contributed by atoms with Crippen molar-refractivity contribution in [2.75, 3.05) is 18.1 Å². The van der Waals surface area contributed by atoms with Crippen LogP contribution in [0.15, 0.2) is 59.0 Å². The van der Waals surface area contributed by atoms with Crippen molar-refractivity contribution in [3.05, 3.63) is 65.9 Å². The number of fused-ring (bicyclic) bond motifs is 1. The topological polar surface area (TPSA) is 76.8 Å². The zero-order chi connectivity index (χ0) is 18.8. The van der Waals surface area contributed by atoms with Crippen LogP contribution in [0.2, 0.25) is 0 Å². The highest BCUT2D eigenvalue weighted by molar-refractivity contribution is 6.02. The van der Waals surface area contributed by atoms with Crippen molar-refractivity contribution in [1.29, 1.82) is 0 Å². The second-order valence-corrected chi connectivity index (χ2v) is 6.35. The van der Waals surface area contributed by atoms with E-state index in [2.05, 4.69) is 0 Å². The number of benzene rings is 2. The van der Waals surface area contributed by atoms with Crippen LogP contribution < -0.4 is 4.90 Å². The number of nitrogens with zero attached hydrogens (tertiary/aromatic N) is 1. The van der Waals surface area contributed by atoms with Gasteiger partial charge in [-0.3, -0.25) is 9.59 Å². The first kappa shape index (κ1) is 17.0. The number of hydrogen-bond donors (Lipinski definition) is 0. The summed E-state index contributed by atoms with van der Waals surface area (Å²) in [5.41, 5.74) is 1.66. The summed E-state index contributed by atoms with van der Waals surface area (Å²) in [5, 5.41) is 0.791. The van der Waals surface area contributed by atoms with E-state index in [1.165, 1.54) is 0 Å². The summed E-state index contributed by atoms with van der Waals surface area (Å²) in [6, 6.07) is 15.6. The predicted molar refractivity (Wildman–Crippen MR) is 98.9 cm³/mol. The van der Waals surface area contributed by atoms with Crippen molar-refractivity contribution >= 4 is 34.3 Å². The predicted octanol–water partition coefficient (Wildman–Crippen LogP) is 3.60. The van der Waals surface area contributed by atoms with E-state index in [-0.39, 0.29) is 17.5 Å². The molecule has 0 N–H and O–H groups in total. The largest absolute Gasteiger partial charge is 0.451 e. The molecule has 4 rings (SSSR count). The fourth-order valence-electron chi connectivity index (χ4n) is 3.14. The van der Waals surface area contributed by atoms with Gasteiger partial charge in [-0.1, -0.05) is 30.3 Å². The van der Waals surface area contributed by atoms with Gasteiger partial charge in [0.25, 0.3) is 0 Å². The lowest BCUT2D eigenvalue weighted by Crippen LogP contribution is -2.24. The quantitative estimate of drug-likeness (QED) is 0.511. The minimum absolute atomic E-state index is 0.0518. The second kappa shape index (κ2) is 7.07. The van der Waals surface area contributed by atoms with E-state index in [9.17, 15) is 14.4 Å². The number of amides is 1. The lowest BCUT2D eigenvalue weighted by atomic mass is 10.1. The van der Waals surface area contributed by atoms with Gasteiger partial charge >= 0.3 is 5.97 Å². The molecule has 0 bridgehead atoms. The molecule has 0 aliphatic carbocycles. The number of carbonyl (C=O) groups excluding carboxylic acids is 3. The number of hydrogen-bond acceptors (Lipinski definition) is 5. The van der Waals surface area contributed by atoms with Crippen molar-refractivity contribution < 1.29 is 23.5 Å². The maximum Gasteiger partial charge on any atom is 0.374 e. The van der Waals surface area contributed by atoms with Crippen molar-refractivity contribution in [3.8, 4) is 0 Å². The van der Waals surface area contributed by atoms with E-state index in [4.69, 9.17) is 9.15 Å². The lowest BCUT2D eigenvalue weighted by Gasteiger charge is -2.16. The Balaban J connectivity index is 1.43. The summed E-state index contributed by atoms with van der Waals surface area (Å²) in [6.45, 7) is 0.255. The van der Waals surface area contributed by atoms with Gasteiger partial charge in [0.15, 0.2) is 12.4 Å². The Morgan fingerprint density at radius 3 is 2.70 bits per heavy atom. The number of esters is 1. The Bertz CT molecular complexity index is 1000. The van der Waals surface area contributed by atoms with Gasteiger partial charge in [-0.15, -0.1) is 0 Å². The molecule has 27 heavy (non-hydrogen) atoms. The molecule has 136 valence electrons. The minimum Gasteiger partial charge on any atom is -0.451 e. The van der Waals surface area contributed by atoms with Gasteiger partial charge < -0.3 is 14.1 Å². The first-order chi connectivity index (χ1) is 13.1. The zero-order valence-corrected chi connectivity index (χ0v) is 14.5. The number of furan rings is 1. The van der Waals surface area contributed by atoms with Crippen LogP contribution in [-0.2, 0) is 9.53 Å². The van der Waals surface area contributed by atoms with E-state index in [1.54, 1.807) is 41.3 Å². The standard InChI is InChI=1S/C21H17NO5/c23-17(14-6-3-7-16(11-14)22-10-4-9-20(22)24)13-26-21(25)19-12-15-5-1-2-8-18(15)27-19/h1-3,5-8,11-12H,4,9-10,13H2. The number of para-hydroxylation sites is 1. The highest BCUT2D eigenvalue weighted by atomic mass is 16.5. The smallest absolute Gasteiger partial charge is 0.374 e. The summed E-state index contributed by atoms with van der Waals surface area (Å²) in [6.07, 6.45) is 1.33. The summed E-state index contributed by atoms with van der Waals surface area (Å²) >= 11 is 0. The Labute approximate surface area is 155 Å². The van der Waals surface area contributed by atoms with Crippen LogP contribution in [0.5, 0.6) is 0 Å². The Kier molecular flexibility index (Phi) is 4.46. The maximum atomic E-state index is 12.4. The molecule has 0 atom stereocenters. The molecule has 1 fully saturated rings. The molecular weight excluding hydrogens is 346 g/mol. The lowest BCUT2D eigenvalue weighted by molar-refractivity contribution is -0.117. The van der Waals surface area contributed by atoms with Crippen LogP contribution in [0, 0.1) is 0 Å². The molecule has 6 nitrogen and oxygen atoms in total. The van der Waals surface area contributed by atoms with E-state index in [0.29, 0.717) is 29.8 Å². The Morgan fingerprint density at radius 2 is 1.93 bits per heavy atom. The van der Waals surface area contributed by atoms with Gasteiger partial charge in [0, 0.05) is 29.6 Å². The van der Waals surface area contributed by atoms with Crippen molar-refractivity contribution in [1.82, 2.24) is 0 Å². The molecule has 1 amide bonds. The zero-order valence-electron chi connectivity index (χ0n) is 14.5. The van der Waals surface area contributed by atoms with E-state index >= 15 is 0 Å². The van der Waals surface area contributed by atoms with E-state index in [0.717, 1.165) is 11.8 Å². The van der Waals surface area contributed by atoms with Gasteiger partial charge in [0.1, 0.15) is 5.58 Å². The number of anilines is 1. The van der Waals surface area contributed by atoms with Gasteiger partial charge in [0.05, 0.1) is 0 Å². The number of ether oxygens (including phenoxy) is 1. The average molecular weight is 363 g/mol. The van der Waals surface area contributed by atoms with Crippen molar-refractivity contribution in [2.24, 2.45) is 0 Å². The normalized spacial score (nSPS) is 13.9. The molecule has 0 saturated carbocycles. The molecular formula is C21H17NO5. The highest BCUT2D eigenvalue weighted by Gasteiger charge is 2.22. The maximum absolute atomic E-state index is 12.4. The van der Waals surface area contributed by atoms with Gasteiger partial charge in [-0.25, -0.2) is 4.79 Å².